The summed E-state index contributed by atoms with van der Waals surface area (Å²) in [6, 6.07) is 11.0. The maximum Gasteiger partial charge on any atom is 0.240 e. The molecule has 0 radical (unpaired) electrons. The number of hydrogen-bond donors (Lipinski definition) is 3. The molecule has 0 saturated heterocycles. The Kier molecular flexibility index (Phi) is 8.32. The molecule has 0 atom stereocenters. The van der Waals surface area contributed by atoms with Crippen LogP contribution >= 0.6 is 0 Å². The maximum absolute atomic E-state index is 13.1. The zero-order chi connectivity index (χ0) is 26.4. The minimum absolute atomic E-state index is 0.0882. The molecule has 2 aliphatic carbocycles. The number of guanidine groups is 1. The molecule has 3 N–H and O–H groups in total. The number of rotatable bonds is 8. The first-order valence-corrected chi connectivity index (χ1v) is 14.7. The Labute approximate surface area is 223 Å². The summed E-state index contributed by atoms with van der Waals surface area (Å²) in [7, 11) is -3.63. The van der Waals surface area contributed by atoms with E-state index in [9.17, 15) is 12.8 Å². The van der Waals surface area contributed by atoms with Crippen molar-refractivity contribution < 1.29 is 12.8 Å². The van der Waals surface area contributed by atoms with Crippen molar-refractivity contribution in [3.05, 3.63) is 72.0 Å². The standard InChI is InChI=1S/C28H33FN6O2S/c29-22-11-15-24(16-12-22)38(36,37)32-19-21-9-7-20(8-10-21)18-31-27-6-3-5-26(25-4-1-2-17-30-25)34-28(35-27)33-23-13-14-23/h1-4,11-12,15-17,20-21,23,32H,6-10,13-14,18-19H2,(H2,31,33,34,35). The number of amidine groups is 1. The van der Waals surface area contributed by atoms with E-state index in [1.807, 2.05) is 24.3 Å². The molecule has 0 amide bonds. The van der Waals surface area contributed by atoms with Crippen LogP contribution in [0.2, 0.25) is 0 Å². The van der Waals surface area contributed by atoms with E-state index >= 15 is 0 Å². The van der Waals surface area contributed by atoms with Crippen molar-refractivity contribution in [3.8, 4) is 0 Å². The molecule has 5 rings (SSSR count). The van der Waals surface area contributed by atoms with Crippen LogP contribution in [0.15, 0.2) is 75.3 Å². The van der Waals surface area contributed by atoms with Crippen LogP contribution in [0.5, 0.6) is 0 Å². The molecule has 2 fully saturated rings. The number of benzene rings is 1. The average Bonchev–Trinajstić information content (AvgIpc) is 3.74. The fourth-order valence-electron chi connectivity index (χ4n) is 4.61. The first kappa shape index (κ1) is 26.3. The van der Waals surface area contributed by atoms with Gasteiger partial charge in [0.2, 0.25) is 16.0 Å². The highest BCUT2D eigenvalue weighted by Crippen LogP contribution is 2.29. The fourth-order valence-corrected chi connectivity index (χ4v) is 5.72. The van der Waals surface area contributed by atoms with Crippen LogP contribution in [0, 0.1) is 17.7 Å². The molecule has 1 aromatic heterocycles. The number of nitrogens with zero attached hydrogens (tertiary/aromatic N) is 3. The predicted molar refractivity (Wildman–Crippen MR) is 146 cm³/mol. The van der Waals surface area contributed by atoms with Gasteiger partial charge in [-0.25, -0.2) is 22.5 Å². The van der Waals surface area contributed by atoms with Gasteiger partial charge >= 0.3 is 0 Å². The molecule has 1 aromatic carbocycles. The maximum atomic E-state index is 13.1. The molecule has 2 aromatic rings. The van der Waals surface area contributed by atoms with Crippen molar-refractivity contribution in [1.29, 1.82) is 0 Å². The van der Waals surface area contributed by atoms with Crippen molar-refractivity contribution in [2.75, 3.05) is 13.1 Å². The van der Waals surface area contributed by atoms with E-state index < -0.39 is 15.8 Å². The molecular formula is C28H33FN6O2S. The summed E-state index contributed by atoms with van der Waals surface area (Å²) in [5.41, 5.74) is 4.91. The molecule has 0 spiro atoms. The molecule has 38 heavy (non-hydrogen) atoms. The Morgan fingerprint density at radius 1 is 1.00 bits per heavy atom. The molecule has 2 heterocycles. The van der Waals surface area contributed by atoms with Gasteiger partial charge in [-0.1, -0.05) is 11.8 Å². The molecule has 0 bridgehead atoms. The van der Waals surface area contributed by atoms with Crippen molar-refractivity contribution in [2.45, 2.75) is 55.9 Å². The highest BCUT2D eigenvalue weighted by molar-refractivity contribution is 7.89. The number of halogens is 1. The topological polar surface area (TPSA) is 108 Å². The summed E-state index contributed by atoms with van der Waals surface area (Å²) in [5.74, 6) is 1.83. The summed E-state index contributed by atoms with van der Waals surface area (Å²) in [6.45, 7) is 1.11. The number of aromatic nitrogens is 1. The van der Waals surface area contributed by atoms with E-state index in [0.717, 1.165) is 74.4 Å². The van der Waals surface area contributed by atoms with Crippen LogP contribution in [-0.2, 0) is 10.0 Å². The van der Waals surface area contributed by atoms with Crippen molar-refractivity contribution in [1.82, 2.24) is 20.3 Å². The number of sulfonamides is 1. The van der Waals surface area contributed by atoms with Crippen LogP contribution < -0.4 is 15.4 Å². The number of pyridine rings is 1. The number of aliphatic imine (C=N–C) groups is 2. The fraction of sp³-hybridized carbons (Fsp3) is 0.429. The summed E-state index contributed by atoms with van der Waals surface area (Å²) >= 11 is 0. The van der Waals surface area contributed by atoms with E-state index in [1.165, 1.54) is 12.1 Å². The van der Waals surface area contributed by atoms with E-state index in [2.05, 4.69) is 26.1 Å². The number of nitrogens with one attached hydrogen (secondary N) is 3. The van der Waals surface area contributed by atoms with Crippen LogP contribution in [0.1, 0.15) is 50.6 Å². The lowest BCUT2D eigenvalue weighted by Crippen LogP contribution is -2.41. The molecule has 3 aliphatic rings. The van der Waals surface area contributed by atoms with Crippen LogP contribution in [0.4, 0.5) is 4.39 Å². The van der Waals surface area contributed by atoms with Crippen LogP contribution in [0.25, 0.3) is 5.70 Å². The second kappa shape index (κ2) is 12.0. The molecule has 2 saturated carbocycles. The lowest BCUT2D eigenvalue weighted by atomic mass is 9.82. The Morgan fingerprint density at radius 2 is 1.76 bits per heavy atom. The van der Waals surface area contributed by atoms with Gasteiger partial charge in [0.15, 0.2) is 0 Å². The summed E-state index contributed by atoms with van der Waals surface area (Å²) in [6.07, 6.45) is 10.4. The normalized spacial score (nSPS) is 24.3. The number of hydrogen-bond acceptors (Lipinski definition) is 5. The highest BCUT2D eigenvalue weighted by Gasteiger charge is 2.24. The zero-order valence-electron chi connectivity index (χ0n) is 21.2. The minimum Gasteiger partial charge on any atom is -0.318 e. The first-order valence-electron chi connectivity index (χ1n) is 13.2. The van der Waals surface area contributed by atoms with Gasteiger partial charge in [-0.15, -0.1) is 0 Å². The molecule has 1 aliphatic heterocycles. The van der Waals surface area contributed by atoms with Crippen LogP contribution in [0.3, 0.4) is 0 Å². The van der Waals surface area contributed by atoms with Gasteiger partial charge in [-0.05, 0) is 92.8 Å². The minimum atomic E-state index is -3.63. The lowest BCUT2D eigenvalue weighted by molar-refractivity contribution is 0.280. The third kappa shape index (κ3) is 7.37. The monoisotopic (exact) mass is 536 g/mol. The second-order valence-electron chi connectivity index (χ2n) is 10.1. The van der Waals surface area contributed by atoms with Crippen molar-refractivity contribution in [2.24, 2.45) is 21.8 Å². The molecule has 0 unspecified atom stereocenters. The largest absolute Gasteiger partial charge is 0.318 e. The van der Waals surface area contributed by atoms with E-state index in [4.69, 9.17) is 9.98 Å². The summed E-state index contributed by atoms with van der Waals surface area (Å²) < 4.78 is 40.8. The molecule has 8 nitrogen and oxygen atoms in total. The van der Waals surface area contributed by atoms with Gasteiger partial charge in [0, 0.05) is 25.7 Å². The van der Waals surface area contributed by atoms with Crippen molar-refractivity contribution in [3.63, 3.8) is 0 Å². The zero-order valence-corrected chi connectivity index (χ0v) is 22.1. The summed E-state index contributed by atoms with van der Waals surface area (Å²) in [5, 5.41) is 6.75. The SMILES string of the molecule is O=S(=O)(NCC1CCC(CN=C2CC=C=C(c3ccccn3)NC(=NC3CC3)N2)CC1)c1ccc(F)cc1. The second-order valence-corrected chi connectivity index (χ2v) is 11.8. The first-order chi connectivity index (χ1) is 18.4. The Morgan fingerprint density at radius 3 is 2.47 bits per heavy atom. The van der Waals surface area contributed by atoms with Gasteiger partial charge < -0.3 is 10.6 Å². The Hall–Kier alpha value is -3.33. The smallest absolute Gasteiger partial charge is 0.240 e. The average molecular weight is 537 g/mol. The van der Waals surface area contributed by atoms with Gasteiger partial charge in [0.05, 0.1) is 16.6 Å². The Balaban J connectivity index is 1.15. The third-order valence-corrected chi connectivity index (χ3v) is 8.46. The molecular weight excluding hydrogens is 503 g/mol. The predicted octanol–water partition coefficient (Wildman–Crippen LogP) is 4.00. The van der Waals surface area contributed by atoms with Gasteiger partial charge in [-0.3, -0.25) is 9.98 Å². The van der Waals surface area contributed by atoms with E-state index in [0.29, 0.717) is 30.9 Å². The Bertz CT molecular complexity index is 1340. The summed E-state index contributed by atoms with van der Waals surface area (Å²) in [4.78, 5) is 14.2. The van der Waals surface area contributed by atoms with Crippen molar-refractivity contribution >= 4 is 27.5 Å². The van der Waals surface area contributed by atoms with E-state index in [-0.39, 0.29) is 10.8 Å². The third-order valence-electron chi connectivity index (χ3n) is 7.02. The molecule has 10 heteroatoms. The van der Waals surface area contributed by atoms with Gasteiger partial charge in [0.1, 0.15) is 17.3 Å². The van der Waals surface area contributed by atoms with Gasteiger partial charge in [-0.2, -0.15) is 0 Å². The lowest BCUT2D eigenvalue weighted by Gasteiger charge is -2.28. The quantitative estimate of drug-likeness (QED) is 0.442. The molecule has 200 valence electrons. The van der Waals surface area contributed by atoms with Gasteiger partial charge in [0.25, 0.3) is 0 Å². The van der Waals surface area contributed by atoms with Crippen LogP contribution in [-0.4, -0.2) is 44.3 Å². The van der Waals surface area contributed by atoms with E-state index in [1.54, 1.807) is 6.20 Å². The highest BCUT2D eigenvalue weighted by atomic mass is 32.2.